The summed E-state index contributed by atoms with van der Waals surface area (Å²) in [6.45, 7) is 2.11. The highest BCUT2D eigenvalue weighted by molar-refractivity contribution is 7.91. The Bertz CT molecular complexity index is 397. The van der Waals surface area contributed by atoms with E-state index in [4.69, 9.17) is 5.11 Å². The summed E-state index contributed by atoms with van der Waals surface area (Å²) in [5.41, 5.74) is 0. The van der Waals surface area contributed by atoms with Gasteiger partial charge in [0.25, 0.3) is 0 Å². The molecule has 1 aromatic heterocycles. The van der Waals surface area contributed by atoms with Gasteiger partial charge in [0, 0.05) is 24.7 Å². The van der Waals surface area contributed by atoms with Gasteiger partial charge in [0.2, 0.25) is 0 Å². The lowest BCUT2D eigenvalue weighted by atomic mass is 10.4. The Hall–Kier alpha value is -0.880. The fourth-order valence-electron chi connectivity index (χ4n) is 1.29. The van der Waals surface area contributed by atoms with E-state index in [1.807, 2.05) is 0 Å². The van der Waals surface area contributed by atoms with Crippen molar-refractivity contribution in [3.8, 4) is 0 Å². The van der Waals surface area contributed by atoms with Crippen LogP contribution < -0.4 is 0 Å². The SMILES string of the molecule is CCS(=O)(=O)CCCn1ccnc1CO. The topological polar surface area (TPSA) is 72.2 Å². The summed E-state index contributed by atoms with van der Waals surface area (Å²) in [5.74, 6) is 0.944. The second-order valence-electron chi connectivity index (χ2n) is 3.28. The van der Waals surface area contributed by atoms with Gasteiger partial charge in [-0.25, -0.2) is 13.4 Å². The maximum Gasteiger partial charge on any atom is 0.150 e. The third-order valence-electron chi connectivity index (χ3n) is 2.24. The van der Waals surface area contributed by atoms with E-state index in [1.54, 1.807) is 23.9 Å². The van der Waals surface area contributed by atoms with Crippen molar-refractivity contribution in [3.05, 3.63) is 18.2 Å². The summed E-state index contributed by atoms with van der Waals surface area (Å²) >= 11 is 0. The van der Waals surface area contributed by atoms with Crippen LogP contribution in [0.2, 0.25) is 0 Å². The first-order chi connectivity index (χ1) is 7.09. The number of nitrogens with zero attached hydrogens (tertiary/aromatic N) is 2. The predicted molar refractivity (Wildman–Crippen MR) is 57.1 cm³/mol. The molecule has 1 heterocycles. The van der Waals surface area contributed by atoms with E-state index >= 15 is 0 Å². The Morgan fingerprint density at radius 1 is 1.53 bits per heavy atom. The van der Waals surface area contributed by atoms with E-state index in [0.717, 1.165) is 0 Å². The van der Waals surface area contributed by atoms with Crippen LogP contribution in [0.4, 0.5) is 0 Å². The number of hydrogen-bond donors (Lipinski definition) is 1. The Morgan fingerprint density at radius 2 is 2.27 bits per heavy atom. The molecule has 0 unspecified atom stereocenters. The van der Waals surface area contributed by atoms with Gasteiger partial charge in [0.15, 0.2) is 0 Å². The lowest BCUT2D eigenvalue weighted by Crippen LogP contribution is -2.12. The first-order valence-corrected chi connectivity index (χ1v) is 6.72. The Labute approximate surface area is 89.7 Å². The molecule has 86 valence electrons. The van der Waals surface area contributed by atoms with Crippen LogP contribution in [0, 0.1) is 0 Å². The summed E-state index contributed by atoms with van der Waals surface area (Å²) in [4.78, 5) is 3.93. The largest absolute Gasteiger partial charge is 0.388 e. The number of imidazole rings is 1. The molecule has 0 saturated heterocycles. The standard InChI is InChI=1S/C9H16N2O3S/c1-2-15(13,14)7-3-5-11-6-4-10-9(11)8-12/h4,6,12H,2-3,5,7-8H2,1H3. The van der Waals surface area contributed by atoms with Gasteiger partial charge in [-0.15, -0.1) is 0 Å². The summed E-state index contributed by atoms with van der Waals surface area (Å²) in [5, 5.41) is 8.91. The monoisotopic (exact) mass is 232 g/mol. The van der Waals surface area contributed by atoms with E-state index < -0.39 is 9.84 Å². The smallest absolute Gasteiger partial charge is 0.150 e. The number of hydrogen-bond acceptors (Lipinski definition) is 4. The summed E-state index contributed by atoms with van der Waals surface area (Å²) < 4.78 is 24.2. The van der Waals surface area contributed by atoms with Crippen molar-refractivity contribution in [2.75, 3.05) is 11.5 Å². The molecule has 6 heteroatoms. The molecule has 15 heavy (non-hydrogen) atoms. The molecule has 0 radical (unpaired) electrons. The van der Waals surface area contributed by atoms with Crippen LogP contribution in [0.1, 0.15) is 19.2 Å². The third-order valence-corrected chi connectivity index (χ3v) is 4.03. The van der Waals surface area contributed by atoms with Crippen LogP contribution in [0.15, 0.2) is 12.4 Å². The average Bonchev–Trinajstić information content (AvgIpc) is 2.65. The van der Waals surface area contributed by atoms with Crippen LogP contribution in [0.25, 0.3) is 0 Å². The Morgan fingerprint density at radius 3 is 2.87 bits per heavy atom. The van der Waals surface area contributed by atoms with Gasteiger partial charge < -0.3 is 9.67 Å². The molecule has 1 rings (SSSR count). The minimum absolute atomic E-state index is 0.118. The van der Waals surface area contributed by atoms with Gasteiger partial charge >= 0.3 is 0 Å². The highest BCUT2D eigenvalue weighted by atomic mass is 32.2. The molecule has 0 amide bonds. The number of aromatic nitrogens is 2. The minimum atomic E-state index is -2.89. The fourth-order valence-corrected chi connectivity index (χ4v) is 2.15. The molecular formula is C9H16N2O3S. The number of rotatable bonds is 6. The van der Waals surface area contributed by atoms with Crippen LogP contribution in [-0.4, -0.2) is 34.6 Å². The van der Waals surface area contributed by atoms with Gasteiger partial charge in [-0.2, -0.15) is 0 Å². The third kappa shape index (κ3) is 3.64. The predicted octanol–water partition coefficient (Wildman–Crippen LogP) is 0.200. The van der Waals surface area contributed by atoms with Crippen LogP contribution in [-0.2, 0) is 23.0 Å². The normalized spacial score (nSPS) is 11.9. The Balaban J connectivity index is 2.45. The molecule has 0 aliphatic carbocycles. The van der Waals surface area contributed by atoms with Crippen molar-refractivity contribution in [3.63, 3.8) is 0 Å². The fraction of sp³-hybridized carbons (Fsp3) is 0.667. The van der Waals surface area contributed by atoms with Crippen molar-refractivity contribution in [2.45, 2.75) is 26.5 Å². The van der Waals surface area contributed by atoms with Gasteiger partial charge in [-0.1, -0.05) is 6.92 Å². The second kappa shape index (κ2) is 5.27. The molecule has 1 N–H and O–H groups in total. The molecule has 0 saturated carbocycles. The van der Waals surface area contributed by atoms with Crippen LogP contribution >= 0.6 is 0 Å². The average molecular weight is 232 g/mol. The number of aliphatic hydroxyl groups is 1. The zero-order chi connectivity index (χ0) is 11.3. The number of aliphatic hydroxyl groups excluding tert-OH is 1. The van der Waals surface area contributed by atoms with Crippen molar-refractivity contribution in [1.82, 2.24) is 9.55 Å². The summed E-state index contributed by atoms with van der Waals surface area (Å²) in [7, 11) is -2.89. The van der Waals surface area contributed by atoms with E-state index in [-0.39, 0.29) is 18.1 Å². The molecule has 0 atom stereocenters. The second-order valence-corrected chi connectivity index (χ2v) is 5.76. The van der Waals surface area contributed by atoms with Crippen molar-refractivity contribution >= 4 is 9.84 Å². The highest BCUT2D eigenvalue weighted by Gasteiger charge is 2.07. The molecule has 0 aromatic carbocycles. The number of sulfone groups is 1. The first kappa shape index (κ1) is 12.2. The molecule has 1 aromatic rings. The molecule has 0 bridgehead atoms. The molecule has 0 fully saturated rings. The zero-order valence-electron chi connectivity index (χ0n) is 8.76. The molecule has 5 nitrogen and oxygen atoms in total. The molecular weight excluding hydrogens is 216 g/mol. The first-order valence-electron chi connectivity index (χ1n) is 4.90. The van der Waals surface area contributed by atoms with Crippen molar-refractivity contribution in [1.29, 1.82) is 0 Å². The van der Waals surface area contributed by atoms with E-state index in [2.05, 4.69) is 4.98 Å². The maximum absolute atomic E-state index is 11.2. The lowest BCUT2D eigenvalue weighted by Gasteiger charge is -2.05. The van der Waals surface area contributed by atoms with Gasteiger partial charge in [0.1, 0.15) is 22.3 Å². The van der Waals surface area contributed by atoms with Gasteiger partial charge in [-0.3, -0.25) is 0 Å². The number of aryl methyl sites for hydroxylation is 1. The molecule has 0 spiro atoms. The summed E-state index contributed by atoms with van der Waals surface area (Å²) in [6.07, 6.45) is 3.89. The highest BCUT2D eigenvalue weighted by Crippen LogP contribution is 2.01. The van der Waals surface area contributed by atoms with Gasteiger partial charge in [0.05, 0.1) is 5.75 Å². The van der Waals surface area contributed by atoms with Crippen molar-refractivity contribution < 1.29 is 13.5 Å². The van der Waals surface area contributed by atoms with E-state index in [0.29, 0.717) is 18.8 Å². The quantitative estimate of drug-likeness (QED) is 0.760. The minimum Gasteiger partial charge on any atom is -0.388 e. The van der Waals surface area contributed by atoms with E-state index in [1.165, 1.54) is 0 Å². The van der Waals surface area contributed by atoms with Crippen LogP contribution in [0.3, 0.4) is 0 Å². The van der Waals surface area contributed by atoms with Crippen molar-refractivity contribution in [2.24, 2.45) is 0 Å². The molecule has 0 aliphatic rings. The van der Waals surface area contributed by atoms with E-state index in [9.17, 15) is 8.42 Å². The van der Waals surface area contributed by atoms with Crippen LogP contribution in [0.5, 0.6) is 0 Å². The Kier molecular flexibility index (Phi) is 4.28. The van der Waals surface area contributed by atoms with Gasteiger partial charge in [-0.05, 0) is 6.42 Å². The molecule has 0 aliphatic heterocycles. The zero-order valence-corrected chi connectivity index (χ0v) is 9.57. The lowest BCUT2D eigenvalue weighted by molar-refractivity contribution is 0.265. The summed E-state index contributed by atoms with van der Waals surface area (Å²) in [6, 6.07) is 0. The maximum atomic E-state index is 11.2.